The molecule has 0 atom stereocenters. The predicted octanol–water partition coefficient (Wildman–Crippen LogP) is 2.72. The van der Waals surface area contributed by atoms with Gasteiger partial charge in [-0.2, -0.15) is 0 Å². The molecule has 124 valence electrons. The number of ether oxygens (including phenoxy) is 2. The Balaban J connectivity index is 1.76. The van der Waals surface area contributed by atoms with Crippen molar-refractivity contribution < 1.29 is 19.1 Å². The zero-order chi connectivity index (χ0) is 17.1. The quantitative estimate of drug-likeness (QED) is 0.938. The zero-order valence-corrected chi connectivity index (χ0v) is 13.5. The van der Waals surface area contributed by atoms with Gasteiger partial charge in [-0.3, -0.25) is 9.59 Å². The molecule has 0 radical (unpaired) electrons. The molecule has 2 aromatic carbocycles. The summed E-state index contributed by atoms with van der Waals surface area (Å²) in [5.74, 6) is 0.704. The van der Waals surface area contributed by atoms with Gasteiger partial charge in [0.05, 0.1) is 0 Å². The Hall–Kier alpha value is -3.02. The number of fused-ring (bicyclic) bond motifs is 1. The number of aryl methyl sites for hydroxylation is 1. The van der Waals surface area contributed by atoms with Crippen LogP contribution in [0, 0.1) is 6.92 Å². The van der Waals surface area contributed by atoms with Crippen molar-refractivity contribution in [1.82, 2.24) is 0 Å². The third-order valence-electron chi connectivity index (χ3n) is 3.77. The van der Waals surface area contributed by atoms with E-state index in [2.05, 4.69) is 5.32 Å². The fourth-order valence-corrected chi connectivity index (χ4v) is 2.48. The van der Waals surface area contributed by atoms with E-state index in [-0.39, 0.29) is 25.2 Å². The van der Waals surface area contributed by atoms with Gasteiger partial charge < -0.3 is 19.7 Å². The van der Waals surface area contributed by atoms with E-state index < -0.39 is 0 Å². The van der Waals surface area contributed by atoms with Crippen LogP contribution in [0.2, 0.25) is 0 Å². The molecule has 0 spiro atoms. The zero-order valence-electron chi connectivity index (χ0n) is 13.5. The molecule has 3 rings (SSSR count). The second-order valence-corrected chi connectivity index (χ2v) is 5.51. The summed E-state index contributed by atoms with van der Waals surface area (Å²) in [5, 5.41) is 2.83. The van der Waals surface area contributed by atoms with Crippen LogP contribution in [0.4, 0.5) is 11.4 Å². The Kier molecular flexibility index (Phi) is 4.37. The van der Waals surface area contributed by atoms with Crippen LogP contribution in [0.25, 0.3) is 0 Å². The maximum absolute atomic E-state index is 12.3. The lowest BCUT2D eigenvalue weighted by atomic mass is 10.2. The smallest absolute Gasteiger partial charge is 0.244 e. The van der Waals surface area contributed by atoms with E-state index in [4.69, 9.17) is 9.47 Å². The third kappa shape index (κ3) is 3.32. The van der Waals surface area contributed by atoms with Crippen LogP contribution in [-0.2, 0) is 9.59 Å². The van der Waals surface area contributed by atoms with Crippen molar-refractivity contribution in [2.24, 2.45) is 0 Å². The van der Waals surface area contributed by atoms with E-state index in [9.17, 15) is 9.59 Å². The molecule has 0 unspecified atom stereocenters. The molecule has 6 nitrogen and oxygen atoms in total. The maximum atomic E-state index is 12.3. The van der Waals surface area contributed by atoms with Gasteiger partial charge in [0.25, 0.3) is 0 Å². The minimum absolute atomic E-state index is 0.0800. The summed E-state index contributed by atoms with van der Waals surface area (Å²) in [6.45, 7) is 3.41. The average molecular weight is 326 g/mol. The largest absolute Gasteiger partial charge is 0.454 e. The van der Waals surface area contributed by atoms with Gasteiger partial charge in [0.2, 0.25) is 18.6 Å². The number of carbonyl (C=O) groups is 2. The number of nitrogens with zero attached hydrogens (tertiary/aromatic N) is 1. The highest BCUT2D eigenvalue weighted by atomic mass is 16.7. The van der Waals surface area contributed by atoms with E-state index >= 15 is 0 Å². The lowest BCUT2D eigenvalue weighted by molar-refractivity contribution is -0.120. The number of amides is 2. The summed E-state index contributed by atoms with van der Waals surface area (Å²) in [7, 11) is 0. The van der Waals surface area contributed by atoms with Crippen molar-refractivity contribution in [2.75, 3.05) is 23.6 Å². The van der Waals surface area contributed by atoms with Crippen molar-refractivity contribution >= 4 is 23.2 Å². The average Bonchev–Trinajstić information content (AvgIpc) is 3.02. The van der Waals surface area contributed by atoms with Gasteiger partial charge >= 0.3 is 0 Å². The summed E-state index contributed by atoms with van der Waals surface area (Å²) in [5.41, 5.74) is 2.28. The first kappa shape index (κ1) is 15.9. The van der Waals surface area contributed by atoms with Crippen molar-refractivity contribution in [2.45, 2.75) is 13.8 Å². The molecule has 0 saturated heterocycles. The van der Waals surface area contributed by atoms with Gasteiger partial charge in [-0.25, -0.2) is 0 Å². The summed E-state index contributed by atoms with van der Waals surface area (Å²) < 4.78 is 10.6. The number of benzene rings is 2. The molecular formula is C18H18N2O4. The molecule has 1 aliphatic heterocycles. The van der Waals surface area contributed by atoms with Crippen LogP contribution in [0.15, 0.2) is 42.5 Å². The van der Waals surface area contributed by atoms with Crippen molar-refractivity contribution in [3.8, 4) is 11.5 Å². The predicted molar refractivity (Wildman–Crippen MR) is 90.4 cm³/mol. The first-order chi connectivity index (χ1) is 11.5. The molecule has 2 aromatic rings. The Morgan fingerprint density at radius 3 is 2.62 bits per heavy atom. The maximum Gasteiger partial charge on any atom is 0.244 e. The summed E-state index contributed by atoms with van der Waals surface area (Å²) in [6.07, 6.45) is 0. The van der Waals surface area contributed by atoms with Crippen LogP contribution >= 0.6 is 0 Å². The number of anilines is 2. The molecule has 2 amide bonds. The topological polar surface area (TPSA) is 67.9 Å². The standard InChI is InChI=1S/C18H18N2O4/c1-12-5-3-4-6-15(12)19-18(22)10-20(13(2)21)14-7-8-16-17(9-14)24-11-23-16/h3-9H,10-11H2,1-2H3,(H,19,22). The molecule has 0 aromatic heterocycles. The lowest BCUT2D eigenvalue weighted by Gasteiger charge is -2.21. The first-order valence-electron chi connectivity index (χ1n) is 7.58. The highest BCUT2D eigenvalue weighted by Gasteiger charge is 2.20. The molecule has 6 heteroatoms. The number of rotatable bonds is 4. The monoisotopic (exact) mass is 326 g/mol. The van der Waals surface area contributed by atoms with Gasteiger partial charge in [0, 0.05) is 24.4 Å². The minimum Gasteiger partial charge on any atom is -0.454 e. The van der Waals surface area contributed by atoms with Crippen molar-refractivity contribution in [3.05, 3.63) is 48.0 Å². The van der Waals surface area contributed by atoms with E-state index in [0.717, 1.165) is 11.3 Å². The SMILES string of the molecule is CC(=O)N(CC(=O)Nc1ccccc1C)c1ccc2c(c1)OCO2. The van der Waals surface area contributed by atoms with Gasteiger partial charge in [0.1, 0.15) is 6.54 Å². The normalized spacial score (nSPS) is 11.9. The number of hydrogen-bond donors (Lipinski definition) is 1. The molecule has 1 heterocycles. The van der Waals surface area contributed by atoms with Crippen molar-refractivity contribution in [3.63, 3.8) is 0 Å². The molecule has 0 fully saturated rings. The lowest BCUT2D eigenvalue weighted by Crippen LogP contribution is -2.36. The van der Waals surface area contributed by atoms with Gasteiger partial charge in [-0.1, -0.05) is 18.2 Å². The van der Waals surface area contributed by atoms with E-state index in [1.807, 2.05) is 31.2 Å². The fourth-order valence-electron chi connectivity index (χ4n) is 2.48. The Morgan fingerprint density at radius 2 is 1.88 bits per heavy atom. The Labute approximate surface area is 140 Å². The number of hydrogen-bond acceptors (Lipinski definition) is 4. The van der Waals surface area contributed by atoms with Crippen LogP contribution in [-0.4, -0.2) is 25.2 Å². The second-order valence-electron chi connectivity index (χ2n) is 5.51. The molecule has 24 heavy (non-hydrogen) atoms. The van der Waals surface area contributed by atoms with Gasteiger partial charge in [-0.05, 0) is 30.7 Å². The molecule has 0 saturated carbocycles. The van der Waals surface area contributed by atoms with Crippen molar-refractivity contribution in [1.29, 1.82) is 0 Å². The minimum atomic E-state index is -0.267. The molecule has 1 aliphatic rings. The van der Waals surface area contributed by atoms with Gasteiger partial charge in [-0.15, -0.1) is 0 Å². The second kappa shape index (κ2) is 6.62. The number of para-hydroxylation sites is 1. The van der Waals surface area contributed by atoms with Crippen LogP contribution < -0.4 is 19.7 Å². The van der Waals surface area contributed by atoms with Gasteiger partial charge in [0.15, 0.2) is 11.5 Å². The Bertz CT molecular complexity index is 788. The number of nitrogens with one attached hydrogen (secondary N) is 1. The molecule has 0 bridgehead atoms. The molecule has 1 N–H and O–H groups in total. The summed E-state index contributed by atoms with van der Waals surface area (Å²) >= 11 is 0. The molecule has 0 aliphatic carbocycles. The van der Waals surface area contributed by atoms with E-state index in [1.54, 1.807) is 18.2 Å². The van der Waals surface area contributed by atoms with Crippen LogP contribution in [0.3, 0.4) is 0 Å². The van der Waals surface area contributed by atoms with E-state index in [1.165, 1.54) is 11.8 Å². The van der Waals surface area contributed by atoms with E-state index in [0.29, 0.717) is 17.2 Å². The summed E-state index contributed by atoms with van der Waals surface area (Å²) in [6, 6.07) is 12.7. The highest BCUT2D eigenvalue weighted by Crippen LogP contribution is 2.35. The van der Waals surface area contributed by atoms with Crippen LogP contribution in [0.5, 0.6) is 11.5 Å². The Morgan fingerprint density at radius 1 is 1.12 bits per heavy atom. The summed E-state index contributed by atoms with van der Waals surface area (Å²) in [4.78, 5) is 25.7. The highest BCUT2D eigenvalue weighted by molar-refractivity contribution is 6.02. The third-order valence-corrected chi connectivity index (χ3v) is 3.77. The first-order valence-corrected chi connectivity index (χ1v) is 7.58. The molecular weight excluding hydrogens is 308 g/mol. The van der Waals surface area contributed by atoms with Crippen LogP contribution in [0.1, 0.15) is 12.5 Å². The fraction of sp³-hybridized carbons (Fsp3) is 0.222. The number of carbonyl (C=O) groups excluding carboxylic acids is 2.